The molecule has 20 heavy (non-hydrogen) atoms. The second kappa shape index (κ2) is 9.10. The Morgan fingerprint density at radius 1 is 1.30 bits per heavy atom. The quantitative estimate of drug-likeness (QED) is 0.674. The van der Waals surface area contributed by atoms with Crippen LogP contribution < -0.4 is 10.6 Å². The summed E-state index contributed by atoms with van der Waals surface area (Å²) in [6.07, 6.45) is 7.11. The van der Waals surface area contributed by atoms with Crippen molar-refractivity contribution >= 4 is 23.8 Å². The molecule has 1 aliphatic rings. The summed E-state index contributed by atoms with van der Waals surface area (Å²) in [7, 11) is 0. The van der Waals surface area contributed by atoms with Gasteiger partial charge in [0.2, 0.25) is 0 Å². The zero-order valence-corrected chi connectivity index (χ0v) is 13.2. The molecule has 0 bridgehead atoms. The van der Waals surface area contributed by atoms with Gasteiger partial charge in [-0.15, -0.1) is 0 Å². The molecule has 0 spiro atoms. The molecule has 0 aromatic rings. The molecule has 2 amide bonds. The lowest BCUT2D eigenvalue weighted by atomic mass is 9.83. The normalized spacial score (nSPS) is 23.9. The van der Waals surface area contributed by atoms with Crippen LogP contribution in [-0.2, 0) is 4.79 Å². The highest BCUT2D eigenvalue weighted by Gasteiger charge is 2.21. The fourth-order valence-electron chi connectivity index (χ4n) is 2.47. The van der Waals surface area contributed by atoms with Gasteiger partial charge in [0.05, 0.1) is 0 Å². The van der Waals surface area contributed by atoms with Gasteiger partial charge in [-0.2, -0.15) is 11.8 Å². The first kappa shape index (κ1) is 17.1. The number of thioether (sulfide) groups is 1. The third-order valence-electron chi connectivity index (χ3n) is 3.90. The molecular formula is C14H26N2O3S. The smallest absolute Gasteiger partial charge is 0.326 e. The molecule has 0 aromatic carbocycles. The van der Waals surface area contributed by atoms with Gasteiger partial charge in [-0.1, -0.05) is 19.8 Å². The van der Waals surface area contributed by atoms with Gasteiger partial charge in [0.1, 0.15) is 6.04 Å². The van der Waals surface area contributed by atoms with Crippen LogP contribution in [0.2, 0.25) is 0 Å². The summed E-state index contributed by atoms with van der Waals surface area (Å²) >= 11 is 1.58. The number of carbonyl (C=O) groups excluding carboxylic acids is 1. The van der Waals surface area contributed by atoms with Crippen molar-refractivity contribution in [1.82, 2.24) is 10.6 Å². The summed E-state index contributed by atoms with van der Waals surface area (Å²) in [5.74, 6) is 1.08. The average Bonchev–Trinajstić information content (AvgIpc) is 2.42. The highest BCUT2D eigenvalue weighted by Crippen LogP contribution is 2.27. The van der Waals surface area contributed by atoms with Gasteiger partial charge in [0.25, 0.3) is 0 Å². The first-order chi connectivity index (χ1) is 9.52. The van der Waals surface area contributed by atoms with Gasteiger partial charge in [-0.05, 0) is 43.1 Å². The van der Waals surface area contributed by atoms with Crippen molar-refractivity contribution in [3.05, 3.63) is 0 Å². The maximum absolute atomic E-state index is 11.7. The molecule has 6 heteroatoms. The molecule has 1 aliphatic carbocycles. The Hall–Kier alpha value is -0.910. The number of carboxylic acids is 1. The van der Waals surface area contributed by atoms with Crippen molar-refractivity contribution in [3.8, 4) is 0 Å². The molecule has 0 aromatic heterocycles. The van der Waals surface area contributed by atoms with Crippen LogP contribution in [0.25, 0.3) is 0 Å². The summed E-state index contributed by atoms with van der Waals surface area (Å²) in [6, 6.07) is -1.16. The van der Waals surface area contributed by atoms with E-state index in [1.807, 2.05) is 6.26 Å². The highest BCUT2D eigenvalue weighted by molar-refractivity contribution is 7.98. The lowest BCUT2D eigenvalue weighted by Gasteiger charge is -2.26. The zero-order valence-electron chi connectivity index (χ0n) is 12.4. The molecule has 0 aliphatic heterocycles. The van der Waals surface area contributed by atoms with E-state index >= 15 is 0 Å². The van der Waals surface area contributed by atoms with E-state index < -0.39 is 12.0 Å². The van der Waals surface area contributed by atoms with Crippen LogP contribution in [0.4, 0.5) is 4.79 Å². The standard InChI is InChI=1S/C14H26N2O3S/c1-10-3-5-11(6-4-10)9-15-14(19)16-12(13(17)18)7-8-20-2/h10-12H,3-9H2,1-2H3,(H,17,18)(H2,15,16,19)/t10?,11?,12-/m1/s1. The van der Waals surface area contributed by atoms with E-state index in [2.05, 4.69) is 17.6 Å². The Kier molecular flexibility index (Phi) is 7.80. The predicted molar refractivity (Wildman–Crippen MR) is 82.1 cm³/mol. The number of carbonyl (C=O) groups is 2. The van der Waals surface area contributed by atoms with Crippen molar-refractivity contribution < 1.29 is 14.7 Å². The minimum Gasteiger partial charge on any atom is -0.480 e. The first-order valence-electron chi connectivity index (χ1n) is 7.29. The second-order valence-electron chi connectivity index (χ2n) is 5.65. The molecule has 1 fully saturated rings. The zero-order chi connectivity index (χ0) is 15.0. The van der Waals surface area contributed by atoms with E-state index in [9.17, 15) is 9.59 Å². The molecule has 1 saturated carbocycles. The molecular weight excluding hydrogens is 276 g/mol. The maximum Gasteiger partial charge on any atom is 0.326 e. The number of hydrogen-bond acceptors (Lipinski definition) is 3. The topological polar surface area (TPSA) is 78.4 Å². The van der Waals surface area contributed by atoms with Crippen molar-refractivity contribution in [1.29, 1.82) is 0 Å². The summed E-state index contributed by atoms with van der Waals surface area (Å²) in [4.78, 5) is 22.8. The number of carboxylic acid groups (broad SMARTS) is 1. The van der Waals surface area contributed by atoms with E-state index in [0.29, 0.717) is 18.9 Å². The minimum atomic E-state index is -0.972. The number of rotatable bonds is 7. The highest BCUT2D eigenvalue weighted by atomic mass is 32.2. The van der Waals surface area contributed by atoms with Crippen LogP contribution in [0.3, 0.4) is 0 Å². The van der Waals surface area contributed by atoms with E-state index in [1.54, 1.807) is 11.8 Å². The van der Waals surface area contributed by atoms with Crippen molar-refractivity contribution in [2.75, 3.05) is 18.6 Å². The van der Waals surface area contributed by atoms with Gasteiger partial charge < -0.3 is 15.7 Å². The first-order valence-corrected chi connectivity index (χ1v) is 8.68. The number of hydrogen-bond donors (Lipinski definition) is 3. The summed E-state index contributed by atoms with van der Waals surface area (Å²) in [5.41, 5.74) is 0. The van der Waals surface area contributed by atoms with E-state index in [0.717, 1.165) is 24.5 Å². The van der Waals surface area contributed by atoms with Crippen molar-refractivity contribution in [2.45, 2.75) is 45.1 Å². The monoisotopic (exact) mass is 302 g/mol. The number of urea groups is 1. The van der Waals surface area contributed by atoms with E-state index in [4.69, 9.17) is 5.11 Å². The van der Waals surface area contributed by atoms with Crippen LogP contribution in [0.15, 0.2) is 0 Å². The molecule has 0 unspecified atom stereocenters. The van der Waals surface area contributed by atoms with Gasteiger partial charge in [-0.25, -0.2) is 9.59 Å². The third-order valence-corrected chi connectivity index (χ3v) is 4.54. The van der Waals surface area contributed by atoms with Crippen molar-refractivity contribution in [3.63, 3.8) is 0 Å². The maximum atomic E-state index is 11.7. The van der Waals surface area contributed by atoms with Gasteiger partial charge in [0, 0.05) is 6.54 Å². The van der Waals surface area contributed by atoms with Gasteiger partial charge in [-0.3, -0.25) is 0 Å². The number of aliphatic carboxylic acids is 1. The molecule has 0 radical (unpaired) electrons. The fourth-order valence-corrected chi connectivity index (χ4v) is 2.94. The van der Waals surface area contributed by atoms with Gasteiger partial charge in [0.15, 0.2) is 0 Å². The minimum absolute atomic E-state index is 0.364. The van der Waals surface area contributed by atoms with E-state index in [1.165, 1.54) is 12.8 Å². The molecule has 0 saturated heterocycles. The average molecular weight is 302 g/mol. The number of amides is 2. The summed E-state index contributed by atoms with van der Waals surface area (Å²) in [5, 5.41) is 14.4. The molecule has 5 nitrogen and oxygen atoms in total. The van der Waals surface area contributed by atoms with E-state index in [-0.39, 0.29) is 6.03 Å². The number of nitrogens with one attached hydrogen (secondary N) is 2. The Balaban J connectivity index is 2.25. The van der Waals surface area contributed by atoms with Gasteiger partial charge >= 0.3 is 12.0 Å². The molecule has 3 N–H and O–H groups in total. The summed E-state index contributed by atoms with van der Waals surface area (Å²) < 4.78 is 0. The molecule has 0 heterocycles. The lowest BCUT2D eigenvalue weighted by molar-refractivity contribution is -0.139. The molecule has 1 atom stereocenters. The Morgan fingerprint density at radius 2 is 1.95 bits per heavy atom. The van der Waals surface area contributed by atoms with Crippen molar-refractivity contribution in [2.24, 2.45) is 11.8 Å². The molecule has 116 valence electrons. The largest absolute Gasteiger partial charge is 0.480 e. The SMILES string of the molecule is CSCC[C@@H](NC(=O)NCC1CCC(C)CC1)C(=O)O. The van der Waals surface area contributed by atoms with Crippen LogP contribution >= 0.6 is 11.8 Å². The van der Waals surface area contributed by atoms with Crippen LogP contribution in [0.1, 0.15) is 39.0 Å². The van der Waals surface area contributed by atoms with Crippen LogP contribution in [0, 0.1) is 11.8 Å². The third kappa shape index (κ3) is 6.50. The molecule has 1 rings (SSSR count). The second-order valence-corrected chi connectivity index (χ2v) is 6.64. The van der Waals surface area contributed by atoms with Crippen LogP contribution in [-0.4, -0.2) is 41.7 Å². The lowest BCUT2D eigenvalue weighted by Crippen LogP contribution is -2.47. The Bertz CT molecular complexity index is 318. The Labute approximate surface area is 125 Å². The summed E-state index contributed by atoms with van der Waals surface area (Å²) in [6.45, 7) is 2.91. The predicted octanol–water partition coefficient (Wildman–Crippen LogP) is 2.32. The Morgan fingerprint density at radius 3 is 2.50 bits per heavy atom. The van der Waals surface area contributed by atoms with Crippen LogP contribution in [0.5, 0.6) is 0 Å². The fraction of sp³-hybridized carbons (Fsp3) is 0.857.